The van der Waals surface area contributed by atoms with Crippen LogP contribution < -0.4 is 4.74 Å². The first-order valence-corrected chi connectivity index (χ1v) is 11.7. The number of Topliss-reactive ketones (excluding diaryl/α,β-unsaturated/α-hetero) is 1. The minimum Gasteiger partial charge on any atom is -0.457 e. The lowest BCUT2D eigenvalue weighted by molar-refractivity contribution is -0.137. The van der Waals surface area contributed by atoms with E-state index in [0.717, 1.165) is 18.2 Å². The Morgan fingerprint density at radius 3 is 2.00 bits per heavy atom. The molecule has 4 nitrogen and oxygen atoms in total. The van der Waals surface area contributed by atoms with Gasteiger partial charge in [0, 0.05) is 12.8 Å². The molecular formula is C25H22F4O4S. The number of ketones is 1. The molecule has 0 unspecified atom stereocenters. The van der Waals surface area contributed by atoms with Crippen LogP contribution in [0.5, 0.6) is 11.5 Å². The quantitative estimate of drug-likeness (QED) is 0.341. The smallest absolute Gasteiger partial charge is 0.416 e. The second kappa shape index (κ2) is 9.58. The molecule has 34 heavy (non-hydrogen) atoms. The summed E-state index contributed by atoms with van der Waals surface area (Å²) in [6, 6.07) is 15.5. The predicted molar refractivity (Wildman–Crippen MR) is 119 cm³/mol. The van der Waals surface area contributed by atoms with Crippen LogP contribution in [-0.4, -0.2) is 18.9 Å². The fourth-order valence-corrected chi connectivity index (χ4v) is 4.86. The van der Waals surface area contributed by atoms with Crippen LogP contribution in [0.4, 0.5) is 17.6 Å². The van der Waals surface area contributed by atoms with Crippen LogP contribution in [0.2, 0.25) is 0 Å². The summed E-state index contributed by atoms with van der Waals surface area (Å²) in [4.78, 5) is 12.1. The van der Waals surface area contributed by atoms with E-state index in [4.69, 9.17) is 4.74 Å². The van der Waals surface area contributed by atoms with Crippen molar-refractivity contribution >= 4 is 15.6 Å². The van der Waals surface area contributed by atoms with E-state index in [-0.39, 0.29) is 24.4 Å². The Morgan fingerprint density at radius 2 is 1.44 bits per heavy atom. The van der Waals surface area contributed by atoms with Crippen LogP contribution in [0, 0.1) is 5.82 Å². The third-order valence-electron chi connectivity index (χ3n) is 5.20. The van der Waals surface area contributed by atoms with Crippen molar-refractivity contribution < 1.29 is 35.5 Å². The number of hydrogen-bond donors (Lipinski definition) is 0. The summed E-state index contributed by atoms with van der Waals surface area (Å²) < 4.78 is 82.0. The molecule has 0 bridgehead atoms. The van der Waals surface area contributed by atoms with Crippen LogP contribution >= 0.6 is 0 Å². The van der Waals surface area contributed by atoms with E-state index < -0.39 is 31.2 Å². The minimum absolute atomic E-state index is 0.0572. The van der Waals surface area contributed by atoms with E-state index in [1.807, 2.05) is 0 Å². The molecule has 0 radical (unpaired) electrons. The Hall–Kier alpha value is -3.20. The van der Waals surface area contributed by atoms with Crippen molar-refractivity contribution in [2.24, 2.45) is 0 Å². The first-order chi connectivity index (χ1) is 15.8. The lowest BCUT2D eigenvalue weighted by Gasteiger charge is -2.24. The second-order valence-electron chi connectivity index (χ2n) is 8.38. The molecule has 0 aliphatic rings. The molecule has 0 heterocycles. The van der Waals surface area contributed by atoms with E-state index in [1.54, 1.807) is 24.3 Å². The monoisotopic (exact) mass is 494 g/mol. The highest BCUT2D eigenvalue weighted by atomic mass is 32.2. The van der Waals surface area contributed by atoms with Gasteiger partial charge < -0.3 is 4.74 Å². The summed E-state index contributed by atoms with van der Waals surface area (Å²) in [7, 11) is -4.22. The van der Waals surface area contributed by atoms with Gasteiger partial charge in [0.25, 0.3) is 0 Å². The summed E-state index contributed by atoms with van der Waals surface area (Å²) in [5, 5.41) is 0. The molecule has 0 spiro atoms. The maximum Gasteiger partial charge on any atom is 0.416 e. The molecule has 0 saturated heterocycles. The average Bonchev–Trinajstić information content (AvgIpc) is 2.75. The molecule has 0 N–H and O–H groups in total. The summed E-state index contributed by atoms with van der Waals surface area (Å²) in [5.74, 6) is 0.133. The highest BCUT2D eigenvalue weighted by Crippen LogP contribution is 2.34. The molecule has 0 aliphatic heterocycles. The van der Waals surface area contributed by atoms with Gasteiger partial charge in [-0.25, -0.2) is 12.8 Å². The van der Waals surface area contributed by atoms with E-state index in [9.17, 15) is 30.8 Å². The first kappa shape index (κ1) is 25.4. The summed E-state index contributed by atoms with van der Waals surface area (Å²) in [5.41, 5.74) is -0.456. The number of ether oxygens (including phenoxy) is 1. The van der Waals surface area contributed by atoms with Gasteiger partial charge in [0.2, 0.25) is 0 Å². The number of carbonyl (C=O) groups excluding carboxylic acids is 1. The highest BCUT2D eigenvalue weighted by Gasteiger charge is 2.39. The summed E-state index contributed by atoms with van der Waals surface area (Å²) >= 11 is 0. The van der Waals surface area contributed by atoms with Crippen molar-refractivity contribution in [3.05, 3.63) is 89.7 Å². The predicted octanol–water partition coefficient (Wildman–Crippen LogP) is 6.39. The zero-order valence-electron chi connectivity index (χ0n) is 18.4. The van der Waals surface area contributed by atoms with Gasteiger partial charge in [0.1, 0.15) is 23.1 Å². The van der Waals surface area contributed by atoms with Gasteiger partial charge in [-0.1, -0.05) is 18.2 Å². The molecule has 3 rings (SSSR count). The number of hydrogen-bond acceptors (Lipinski definition) is 4. The third kappa shape index (κ3) is 6.02. The Labute approximate surface area is 195 Å². The van der Waals surface area contributed by atoms with Crippen LogP contribution in [0.25, 0.3) is 0 Å². The van der Waals surface area contributed by atoms with E-state index in [0.29, 0.717) is 23.1 Å². The molecule has 0 aliphatic carbocycles. The summed E-state index contributed by atoms with van der Waals surface area (Å²) in [6.45, 7) is 2.64. The number of rotatable bonds is 8. The van der Waals surface area contributed by atoms with Crippen LogP contribution in [-0.2, 0) is 27.2 Å². The summed E-state index contributed by atoms with van der Waals surface area (Å²) in [6.07, 6.45) is -5.12. The fraction of sp³-hybridized carbons (Fsp3) is 0.240. The maximum atomic E-state index is 13.0. The SMILES string of the molecule is CC(C)(CC(=O)Cc1ccc(Oc2ccc(F)cc2)cc1)S(=O)(=O)c1cccc(C(F)(F)F)c1. The molecular weight excluding hydrogens is 472 g/mol. The second-order valence-corrected chi connectivity index (χ2v) is 11.0. The Balaban J connectivity index is 1.68. The fourth-order valence-electron chi connectivity index (χ4n) is 3.33. The Bertz CT molecular complexity index is 1260. The molecule has 0 fully saturated rings. The molecule has 0 aromatic heterocycles. The van der Waals surface area contributed by atoms with Gasteiger partial charge in [0.05, 0.1) is 15.2 Å². The molecule has 0 amide bonds. The third-order valence-corrected chi connectivity index (χ3v) is 7.67. The molecule has 180 valence electrons. The molecule has 0 saturated carbocycles. The van der Waals surface area contributed by atoms with Gasteiger partial charge in [-0.15, -0.1) is 0 Å². The standard InChI is InChI=1S/C25H22F4O4S/c1-24(2,34(31,32)23-5-3-4-18(15-23)25(27,28)29)16-20(30)14-17-6-10-21(11-7-17)33-22-12-8-19(26)9-13-22/h3-13,15H,14,16H2,1-2H3. The Morgan fingerprint density at radius 1 is 0.882 bits per heavy atom. The zero-order chi connectivity index (χ0) is 25.1. The minimum atomic E-state index is -4.68. The van der Waals surface area contributed by atoms with Crippen molar-refractivity contribution in [1.29, 1.82) is 0 Å². The topological polar surface area (TPSA) is 60.4 Å². The number of alkyl halides is 3. The van der Waals surface area contributed by atoms with Crippen molar-refractivity contribution in [1.82, 2.24) is 0 Å². The molecule has 0 atom stereocenters. The first-order valence-electron chi connectivity index (χ1n) is 10.2. The largest absolute Gasteiger partial charge is 0.457 e. The van der Waals surface area contributed by atoms with Gasteiger partial charge in [-0.05, 0) is 74.0 Å². The molecule has 3 aromatic carbocycles. The van der Waals surface area contributed by atoms with E-state index in [2.05, 4.69) is 0 Å². The van der Waals surface area contributed by atoms with Crippen molar-refractivity contribution in [3.8, 4) is 11.5 Å². The lowest BCUT2D eigenvalue weighted by Crippen LogP contribution is -2.35. The number of carbonyl (C=O) groups is 1. The molecule has 9 heteroatoms. The average molecular weight is 495 g/mol. The van der Waals surface area contributed by atoms with Gasteiger partial charge in [-0.3, -0.25) is 4.79 Å². The zero-order valence-corrected chi connectivity index (χ0v) is 19.2. The normalized spacial score (nSPS) is 12.4. The van der Waals surface area contributed by atoms with Crippen molar-refractivity contribution in [2.45, 2.75) is 42.5 Å². The highest BCUT2D eigenvalue weighted by molar-refractivity contribution is 7.92. The number of sulfone groups is 1. The van der Waals surface area contributed by atoms with Crippen LogP contribution in [0.15, 0.2) is 77.7 Å². The molecule has 3 aromatic rings. The van der Waals surface area contributed by atoms with Crippen molar-refractivity contribution in [2.75, 3.05) is 0 Å². The van der Waals surface area contributed by atoms with E-state index in [1.165, 1.54) is 38.1 Å². The van der Waals surface area contributed by atoms with Gasteiger partial charge in [-0.2, -0.15) is 13.2 Å². The number of halogens is 4. The number of benzene rings is 3. The van der Waals surface area contributed by atoms with Crippen LogP contribution in [0.3, 0.4) is 0 Å². The lowest BCUT2D eigenvalue weighted by atomic mass is 10.0. The maximum absolute atomic E-state index is 13.0. The van der Waals surface area contributed by atoms with Gasteiger partial charge >= 0.3 is 6.18 Å². The van der Waals surface area contributed by atoms with E-state index >= 15 is 0 Å². The Kier molecular flexibility index (Phi) is 7.16. The van der Waals surface area contributed by atoms with Gasteiger partial charge in [0.15, 0.2) is 9.84 Å². The van der Waals surface area contributed by atoms with Crippen LogP contribution in [0.1, 0.15) is 31.4 Å². The van der Waals surface area contributed by atoms with Crippen molar-refractivity contribution in [3.63, 3.8) is 0 Å².